The van der Waals surface area contributed by atoms with Gasteiger partial charge < -0.3 is 9.32 Å². The van der Waals surface area contributed by atoms with Crippen LogP contribution in [-0.2, 0) is 9.59 Å². The summed E-state index contributed by atoms with van der Waals surface area (Å²) in [5.74, 6) is -1.25. The molecule has 28 heavy (non-hydrogen) atoms. The number of carbonyl (C=O) groups is 3. The molecule has 0 spiro atoms. The van der Waals surface area contributed by atoms with E-state index >= 15 is 0 Å². The summed E-state index contributed by atoms with van der Waals surface area (Å²) in [6, 6.07) is 6.43. The zero-order chi connectivity index (χ0) is 19.8. The average Bonchev–Trinajstić information content (AvgIpc) is 3.32. The fourth-order valence-corrected chi connectivity index (χ4v) is 3.76. The van der Waals surface area contributed by atoms with E-state index in [9.17, 15) is 18.8 Å². The van der Waals surface area contributed by atoms with Gasteiger partial charge in [0, 0.05) is 26.2 Å². The van der Waals surface area contributed by atoms with Gasteiger partial charge in [-0.1, -0.05) is 11.6 Å². The van der Waals surface area contributed by atoms with E-state index < -0.39 is 11.9 Å². The number of rotatable bonds is 3. The first-order valence-corrected chi connectivity index (χ1v) is 9.22. The molecule has 0 aliphatic carbocycles. The van der Waals surface area contributed by atoms with Crippen LogP contribution in [0, 0.1) is 5.82 Å². The van der Waals surface area contributed by atoms with Crippen LogP contribution in [0.4, 0.5) is 10.1 Å². The topological polar surface area (TPSA) is 74.1 Å². The third-order valence-electron chi connectivity index (χ3n) is 5.06. The first-order valence-electron chi connectivity index (χ1n) is 8.84. The van der Waals surface area contributed by atoms with Crippen molar-refractivity contribution < 1.29 is 23.2 Å². The Labute approximate surface area is 165 Å². The molecule has 2 saturated heterocycles. The summed E-state index contributed by atoms with van der Waals surface area (Å²) in [6.45, 7) is 1.79. The minimum atomic E-state index is -0.613. The molecule has 0 radical (unpaired) electrons. The lowest BCUT2D eigenvalue weighted by Gasteiger charge is -2.36. The van der Waals surface area contributed by atoms with Gasteiger partial charge in [0.2, 0.25) is 5.91 Å². The van der Waals surface area contributed by atoms with Gasteiger partial charge in [-0.05, 0) is 30.3 Å². The van der Waals surface area contributed by atoms with Gasteiger partial charge in [0.15, 0.2) is 5.76 Å². The maximum atomic E-state index is 13.4. The molecule has 0 bridgehead atoms. The minimum absolute atomic E-state index is 0.0416. The first-order chi connectivity index (χ1) is 13.5. The number of hydrogen-bond donors (Lipinski definition) is 0. The smallest absolute Gasteiger partial charge is 0.289 e. The molecule has 9 heteroatoms. The molecule has 1 aromatic carbocycles. The molecule has 2 fully saturated rings. The van der Waals surface area contributed by atoms with Crippen LogP contribution in [0.3, 0.4) is 0 Å². The van der Waals surface area contributed by atoms with Crippen LogP contribution in [0.25, 0.3) is 0 Å². The molecule has 3 amide bonds. The lowest BCUT2D eigenvalue weighted by Crippen LogP contribution is -2.53. The summed E-state index contributed by atoms with van der Waals surface area (Å²) >= 11 is 5.78. The predicted molar refractivity (Wildman–Crippen MR) is 98.5 cm³/mol. The fraction of sp³-hybridized carbons (Fsp3) is 0.316. The first kappa shape index (κ1) is 18.6. The second-order valence-corrected chi connectivity index (χ2v) is 7.10. The van der Waals surface area contributed by atoms with Crippen molar-refractivity contribution >= 4 is 35.0 Å². The maximum Gasteiger partial charge on any atom is 0.289 e. The van der Waals surface area contributed by atoms with Gasteiger partial charge >= 0.3 is 0 Å². The van der Waals surface area contributed by atoms with E-state index in [1.54, 1.807) is 17.0 Å². The van der Waals surface area contributed by atoms with Crippen LogP contribution in [0.2, 0.25) is 5.02 Å². The Morgan fingerprint density at radius 1 is 1.14 bits per heavy atom. The molecule has 1 aromatic heterocycles. The molecule has 2 aromatic rings. The van der Waals surface area contributed by atoms with Crippen molar-refractivity contribution in [2.24, 2.45) is 0 Å². The molecule has 1 atom stereocenters. The molecule has 0 N–H and O–H groups in total. The molecule has 7 nitrogen and oxygen atoms in total. The summed E-state index contributed by atoms with van der Waals surface area (Å²) in [6.07, 6.45) is 1.49. The quantitative estimate of drug-likeness (QED) is 0.732. The van der Waals surface area contributed by atoms with Crippen LogP contribution in [0.5, 0.6) is 0 Å². The Kier molecular flexibility index (Phi) is 4.91. The number of nitrogens with zero attached hydrogens (tertiary/aromatic N) is 3. The molecule has 3 heterocycles. The number of imide groups is 1. The number of benzene rings is 1. The summed E-state index contributed by atoms with van der Waals surface area (Å²) in [5, 5.41) is -0.147. The van der Waals surface area contributed by atoms with Crippen molar-refractivity contribution in [3.8, 4) is 0 Å². The van der Waals surface area contributed by atoms with Gasteiger partial charge in [0.1, 0.15) is 5.82 Å². The van der Waals surface area contributed by atoms with E-state index in [2.05, 4.69) is 0 Å². The van der Waals surface area contributed by atoms with Crippen LogP contribution in [0.1, 0.15) is 17.0 Å². The standard InChI is InChI=1S/C19H17ClFN3O4/c20-13-10-12(3-4-14(13)21)24-17(25)11-15(18(24)26)22-5-7-23(8-6-22)19(27)16-2-1-9-28-16/h1-4,9-10,15H,5-8,11H2/t15-/m0/s1. The molecular formula is C19H17ClFN3O4. The van der Waals surface area contributed by atoms with Gasteiger partial charge in [-0.2, -0.15) is 0 Å². The monoisotopic (exact) mass is 405 g/mol. The van der Waals surface area contributed by atoms with Gasteiger partial charge in [0.05, 0.1) is 29.4 Å². The van der Waals surface area contributed by atoms with Gasteiger partial charge in [0.25, 0.3) is 11.8 Å². The molecule has 0 saturated carbocycles. The minimum Gasteiger partial charge on any atom is -0.459 e. The van der Waals surface area contributed by atoms with Crippen LogP contribution < -0.4 is 4.90 Å². The zero-order valence-electron chi connectivity index (χ0n) is 14.8. The number of halogens is 2. The number of carbonyl (C=O) groups excluding carboxylic acids is 3. The van der Waals surface area contributed by atoms with Gasteiger partial charge in [-0.15, -0.1) is 0 Å². The number of piperazine rings is 1. The van der Waals surface area contributed by atoms with Crippen LogP contribution in [0.15, 0.2) is 41.0 Å². The van der Waals surface area contributed by atoms with Gasteiger partial charge in [-0.25, -0.2) is 9.29 Å². The normalized spacial score (nSPS) is 20.9. The Morgan fingerprint density at radius 3 is 2.54 bits per heavy atom. The number of furan rings is 1. The summed E-state index contributed by atoms with van der Waals surface area (Å²) in [5.41, 5.74) is 0.260. The third kappa shape index (κ3) is 3.29. The molecule has 0 unspecified atom stereocenters. The van der Waals surface area contributed by atoms with Gasteiger partial charge in [-0.3, -0.25) is 19.3 Å². The second kappa shape index (κ2) is 7.37. The number of amides is 3. The SMILES string of the molecule is O=C(c1ccco1)N1CCN([C@H]2CC(=O)N(c3ccc(F)c(Cl)c3)C2=O)CC1. The number of anilines is 1. The molecular weight excluding hydrogens is 389 g/mol. The highest BCUT2D eigenvalue weighted by atomic mass is 35.5. The Morgan fingerprint density at radius 2 is 1.89 bits per heavy atom. The predicted octanol–water partition coefficient (Wildman–Crippen LogP) is 2.16. The number of hydrogen-bond acceptors (Lipinski definition) is 5. The molecule has 146 valence electrons. The highest BCUT2D eigenvalue weighted by Crippen LogP contribution is 2.29. The lowest BCUT2D eigenvalue weighted by molar-refractivity contribution is -0.123. The van der Waals surface area contributed by atoms with Crippen molar-refractivity contribution in [1.29, 1.82) is 0 Å². The zero-order valence-corrected chi connectivity index (χ0v) is 15.6. The highest BCUT2D eigenvalue weighted by Gasteiger charge is 2.43. The third-order valence-corrected chi connectivity index (χ3v) is 5.35. The van der Waals surface area contributed by atoms with Crippen molar-refractivity contribution in [1.82, 2.24) is 9.80 Å². The van der Waals surface area contributed by atoms with E-state index in [0.717, 1.165) is 11.0 Å². The Balaban J connectivity index is 1.43. The Bertz CT molecular complexity index is 925. The van der Waals surface area contributed by atoms with Crippen molar-refractivity contribution in [2.75, 3.05) is 31.1 Å². The molecule has 2 aliphatic rings. The summed E-state index contributed by atoms with van der Waals surface area (Å²) in [7, 11) is 0. The highest BCUT2D eigenvalue weighted by molar-refractivity contribution is 6.31. The van der Waals surface area contributed by atoms with E-state index in [1.807, 2.05) is 4.90 Å². The average molecular weight is 406 g/mol. The largest absolute Gasteiger partial charge is 0.459 e. The fourth-order valence-electron chi connectivity index (χ4n) is 3.59. The van der Waals surface area contributed by atoms with E-state index in [1.165, 1.54) is 18.4 Å². The maximum absolute atomic E-state index is 13.4. The van der Waals surface area contributed by atoms with Crippen molar-refractivity contribution in [3.63, 3.8) is 0 Å². The molecule has 4 rings (SSSR count). The Hall–Kier alpha value is -2.71. The van der Waals surface area contributed by atoms with Crippen LogP contribution >= 0.6 is 11.6 Å². The summed E-state index contributed by atoms with van der Waals surface area (Å²) < 4.78 is 18.5. The van der Waals surface area contributed by atoms with Crippen molar-refractivity contribution in [3.05, 3.63) is 53.2 Å². The molecule has 2 aliphatic heterocycles. The second-order valence-electron chi connectivity index (χ2n) is 6.69. The lowest BCUT2D eigenvalue weighted by atomic mass is 10.1. The van der Waals surface area contributed by atoms with E-state index in [4.69, 9.17) is 16.0 Å². The van der Waals surface area contributed by atoms with E-state index in [-0.39, 0.29) is 40.6 Å². The summed E-state index contributed by atoms with van der Waals surface area (Å²) in [4.78, 5) is 42.2. The van der Waals surface area contributed by atoms with E-state index in [0.29, 0.717) is 26.2 Å². The van der Waals surface area contributed by atoms with Crippen molar-refractivity contribution in [2.45, 2.75) is 12.5 Å². The van der Waals surface area contributed by atoms with Crippen LogP contribution in [-0.4, -0.2) is 59.7 Å².